The first-order valence-electron chi connectivity index (χ1n) is 11.0. The Kier molecular flexibility index (Phi) is 7.24. The first kappa shape index (κ1) is 27.2. The highest BCUT2D eigenvalue weighted by molar-refractivity contribution is 7.50. The van der Waals surface area contributed by atoms with E-state index in [1.54, 1.807) is 13.1 Å². The van der Waals surface area contributed by atoms with Gasteiger partial charge in [-0.15, -0.1) is 0 Å². The van der Waals surface area contributed by atoms with Crippen molar-refractivity contribution in [2.75, 3.05) is 31.9 Å². The standard InChI is InChI=1S/C23H23F3N5O6P/c1-31-10-13-17(36-2)7-6-16(19(13)21(31)32)28-20-14(23(24,25)26)9-27-22(30-20)29-15-5-4-12(8-18(15)37-3)11-38(33,34)35/h4-9H,10-11H2,1-3H3,(H2,33,34,35)(H2,27,28,29,30). The summed E-state index contributed by atoms with van der Waals surface area (Å²) in [7, 11) is -0.0103. The van der Waals surface area contributed by atoms with Crippen LogP contribution in [0.25, 0.3) is 0 Å². The van der Waals surface area contributed by atoms with Crippen LogP contribution in [0.3, 0.4) is 0 Å². The molecule has 4 rings (SSSR count). The van der Waals surface area contributed by atoms with Crippen molar-refractivity contribution in [2.45, 2.75) is 18.9 Å². The predicted octanol–water partition coefficient (Wildman–Crippen LogP) is 4.26. The molecule has 1 amide bonds. The third kappa shape index (κ3) is 5.67. The summed E-state index contributed by atoms with van der Waals surface area (Å²) in [6.45, 7) is 0.230. The molecule has 38 heavy (non-hydrogen) atoms. The molecule has 0 atom stereocenters. The van der Waals surface area contributed by atoms with Crippen LogP contribution < -0.4 is 20.1 Å². The minimum Gasteiger partial charge on any atom is -0.496 e. The third-order valence-corrected chi connectivity index (χ3v) is 6.47. The SMILES string of the molecule is COc1cc(CP(=O)(O)O)ccc1Nc1ncc(C(F)(F)F)c(Nc2ccc(OC)c3c2C(=O)N(C)C3)n1. The second kappa shape index (κ2) is 10.1. The predicted molar refractivity (Wildman–Crippen MR) is 131 cm³/mol. The van der Waals surface area contributed by atoms with Gasteiger partial charge in [0.1, 0.15) is 22.9 Å². The zero-order chi connectivity index (χ0) is 27.8. The van der Waals surface area contributed by atoms with Gasteiger partial charge in [0.25, 0.3) is 5.91 Å². The smallest absolute Gasteiger partial charge is 0.421 e. The maximum atomic E-state index is 13.8. The number of alkyl halides is 3. The van der Waals surface area contributed by atoms with Crippen LogP contribution in [0.2, 0.25) is 0 Å². The summed E-state index contributed by atoms with van der Waals surface area (Å²) in [5, 5.41) is 5.40. The average molecular weight is 553 g/mol. The van der Waals surface area contributed by atoms with Crippen LogP contribution >= 0.6 is 7.60 Å². The number of anilines is 4. The number of aromatic nitrogens is 2. The summed E-state index contributed by atoms with van der Waals surface area (Å²) < 4.78 is 63.3. The number of ether oxygens (including phenoxy) is 2. The van der Waals surface area contributed by atoms with Crippen LogP contribution in [-0.4, -0.2) is 51.8 Å². The Balaban J connectivity index is 1.72. The van der Waals surface area contributed by atoms with Gasteiger partial charge in [0, 0.05) is 18.8 Å². The van der Waals surface area contributed by atoms with Crippen molar-refractivity contribution in [1.82, 2.24) is 14.9 Å². The number of halogens is 3. The minimum absolute atomic E-state index is 0.115. The highest BCUT2D eigenvalue weighted by Crippen LogP contribution is 2.42. The number of benzene rings is 2. The molecule has 4 N–H and O–H groups in total. The van der Waals surface area contributed by atoms with Crippen molar-refractivity contribution in [1.29, 1.82) is 0 Å². The summed E-state index contributed by atoms with van der Waals surface area (Å²) >= 11 is 0. The molecule has 2 heterocycles. The Bertz CT molecular complexity index is 1450. The van der Waals surface area contributed by atoms with Gasteiger partial charge in [-0.05, 0) is 29.8 Å². The summed E-state index contributed by atoms with van der Waals surface area (Å²) in [6, 6.07) is 7.23. The minimum atomic E-state index is -4.81. The van der Waals surface area contributed by atoms with Gasteiger partial charge in [-0.1, -0.05) is 6.07 Å². The maximum absolute atomic E-state index is 13.8. The fraction of sp³-hybridized carbons (Fsp3) is 0.261. The Morgan fingerprint density at radius 3 is 2.39 bits per heavy atom. The molecule has 0 aliphatic carbocycles. The molecular formula is C23H23F3N5O6P. The van der Waals surface area contributed by atoms with E-state index in [0.717, 1.165) is 0 Å². The van der Waals surface area contributed by atoms with Gasteiger partial charge in [0.2, 0.25) is 5.95 Å². The number of methoxy groups -OCH3 is 2. The number of carbonyl (C=O) groups is 1. The Morgan fingerprint density at radius 1 is 1.08 bits per heavy atom. The van der Waals surface area contributed by atoms with Crippen molar-refractivity contribution in [3.63, 3.8) is 0 Å². The second-order valence-corrected chi connectivity index (χ2v) is 10.0. The topological polar surface area (TPSA) is 146 Å². The van der Waals surface area contributed by atoms with Crippen molar-refractivity contribution >= 4 is 36.6 Å². The Hall–Kier alpha value is -3.87. The molecule has 15 heteroatoms. The van der Waals surface area contributed by atoms with Crippen LogP contribution in [0, 0.1) is 0 Å². The number of nitrogens with one attached hydrogen (secondary N) is 2. The Labute approximate surface area is 214 Å². The zero-order valence-corrected chi connectivity index (χ0v) is 21.2. The number of hydrogen-bond acceptors (Lipinski definition) is 8. The molecule has 0 saturated carbocycles. The van der Waals surface area contributed by atoms with E-state index in [4.69, 9.17) is 9.47 Å². The monoisotopic (exact) mass is 553 g/mol. The molecule has 3 aromatic rings. The molecule has 1 aliphatic rings. The van der Waals surface area contributed by atoms with E-state index in [1.807, 2.05) is 0 Å². The maximum Gasteiger partial charge on any atom is 0.421 e. The van der Waals surface area contributed by atoms with Gasteiger partial charge in [0.15, 0.2) is 0 Å². The summed E-state index contributed by atoms with van der Waals surface area (Å²) in [5.74, 6) is -0.617. The fourth-order valence-corrected chi connectivity index (χ4v) is 4.67. The van der Waals surface area contributed by atoms with E-state index >= 15 is 0 Å². The van der Waals surface area contributed by atoms with Crippen molar-refractivity contribution < 1.29 is 41.8 Å². The quantitative estimate of drug-likeness (QED) is 0.299. The summed E-state index contributed by atoms with van der Waals surface area (Å²) in [4.78, 5) is 40.4. The lowest BCUT2D eigenvalue weighted by Gasteiger charge is -2.17. The first-order chi connectivity index (χ1) is 17.8. The normalized spacial score (nSPS) is 13.4. The largest absolute Gasteiger partial charge is 0.496 e. The zero-order valence-electron chi connectivity index (χ0n) is 20.3. The van der Waals surface area contributed by atoms with Crippen molar-refractivity contribution in [2.24, 2.45) is 0 Å². The third-order valence-electron chi connectivity index (χ3n) is 5.69. The van der Waals surface area contributed by atoms with E-state index in [1.165, 1.54) is 43.4 Å². The average Bonchev–Trinajstić information content (AvgIpc) is 3.13. The van der Waals surface area contributed by atoms with Crippen molar-refractivity contribution in [3.05, 3.63) is 58.8 Å². The number of amides is 1. The molecule has 0 radical (unpaired) electrons. The molecule has 0 spiro atoms. The second-order valence-electron chi connectivity index (χ2n) is 8.39. The molecule has 0 unspecified atom stereocenters. The fourth-order valence-electron chi connectivity index (χ4n) is 3.99. The lowest BCUT2D eigenvalue weighted by atomic mass is 10.1. The number of hydrogen-bond donors (Lipinski definition) is 4. The number of rotatable bonds is 8. The van der Waals surface area contributed by atoms with Crippen LogP contribution in [-0.2, 0) is 23.4 Å². The van der Waals surface area contributed by atoms with Crippen molar-refractivity contribution in [3.8, 4) is 11.5 Å². The lowest BCUT2D eigenvalue weighted by Crippen LogP contribution is -2.18. The van der Waals surface area contributed by atoms with Gasteiger partial charge in [-0.3, -0.25) is 9.36 Å². The molecule has 11 nitrogen and oxygen atoms in total. The molecule has 2 aromatic carbocycles. The number of fused-ring (bicyclic) bond motifs is 1. The van der Waals surface area contributed by atoms with E-state index < -0.39 is 31.3 Å². The number of carbonyl (C=O) groups excluding carboxylic acids is 1. The number of nitrogens with zero attached hydrogens (tertiary/aromatic N) is 3. The van der Waals surface area contributed by atoms with Crippen LogP contribution in [0.1, 0.15) is 27.0 Å². The van der Waals surface area contributed by atoms with E-state index in [9.17, 15) is 32.3 Å². The summed E-state index contributed by atoms with van der Waals surface area (Å²) in [6.07, 6.45) is -4.72. The molecule has 1 aliphatic heterocycles. The van der Waals surface area contributed by atoms with Crippen LogP contribution in [0.5, 0.6) is 11.5 Å². The Morgan fingerprint density at radius 2 is 1.76 bits per heavy atom. The van der Waals surface area contributed by atoms with Crippen LogP contribution in [0.15, 0.2) is 36.5 Å². The van der Waals surface area contributed by atoms with Gasteiger partial charge in [0.05, 0.1) is 43.9 Å². The van der Waals surface area contributed by atoms with Gasteiger partial charge in [-0.25, -0.2) is 4.98 Å². The van der Waals surface area contributed by atoms with Gasteiger partial charge in [-0.2, -0.15) is 18.2 Å². The summed E-state index contributed by atoms with van der Waals surface area (Å²) in [5.41, 5.74) is 0.204. The molecule has 0 fully saturated rings. The first-order valence-corrected chi connectivity index (χ1v) is 12.8. The highest BCUT2D eigenvalue weighted by Gasteiger charge is 2.37. The van der Waals surface area contributed by atoms with E-state index in [2.05, 4.69) is 20.6 Å². The van der Waals surface area contributed by atoms with Crippen LogP contribution in [0.4, 0.5) is 36.3 Å². The lowest BCUT2D eigenvalue weighted by molar-refractivity contribution is -0.137. The highest BCUT2D eigenvalue weighted by atomic mass is 31.2. The molecular weight excluding hydrogens is 530 g/mol. The van der Waals surface area contributed by atoms with E-state index in [-0.39, 0.29) is 41.1 Å². The molecule has 0 bridgehead atoms. The van der Waals surface area contributed by atoms with E-state index in [0.29, 0.717) is 23.1 Å². The van der Waals surface area contributed by atoms with Gasteiger partial charge >= 0.3 is 13.8 Å². The molecule has 202 valence electrons. The molecule has 1 aromatic heterocycles. The molecule has 0 saturated heterocycles. The van der Waals surface area contributed by atoms with Gasteiger partial charge < -0.3 is 34.8 Å².